The van der Waals surface area contributed by atoms with Crippen LogP contribution in [-0.4, -0.2) is 33.5 Å². The molecule has 5 nitrogen and oxygen atoms in total. The molecule has 1 aromatic carbocycles. The molecule has 1 amide bonds. The summed E-state index contributed by atoms with van der Waals surface area (Å²) < 4.78 is 31.8. The number of benzene rings is 1. The molecule has 2 rings (SSSR count). The predicted molar refractivity (Wildman–Crippen MR) is 81.5 cm³/mol. The first-order valence-corrected chi connectivity index (χ1v) is 7.23. The minimum absolute atomic E-state index is 0.0422. The third-order valence-electron chi connectivity index (χ3n) is 3.17. The Morgan fingerprint density at radius 2 is 2.22 bits per heavy atom. The smallest absolute Gasteiger partial charge is 0.319 e. The number of halogens is 3. The minimum atomic E-state index is -2.70. The Morgan fingerprint density at radius 1 is 1.48 bits per heavy atom. The average molecular weight is 344 g/mol. The zero-order chi connectivity index (χ0) is 17.0. The lowest BCUT2D eigenvalue weighted by Crippen LogP contribution is -2.38. The van der Waals surface area contributed by atoms with Crippen molar-refractivity contribution >= 4 is 17.5 Å². The molecular weight excluding hydrogens is 328 g/mol. The third kappa shape index (κ3) is 4.41. The van der Waals surface area contributed by atoms with E-state index in [2.05, 4.69) is 4.98 Å². The van der Waals surface area contributed by atoms with Gasteiger partial charge in [0.2, 0.25) is 0 Å². The second kappa shape index (κ2) is 7.41. The van der Waals surface area contributed by atoms with Crippen molar-refractivity contribution in [2.45, 2.75) is 26.1 Å². The van der Waals surface area contributed by atoms with E-state index in [9.17, 15) is 13.6 Å². The van der Waals surface area contributed by atoms with Crippen LogP contribution in [0.25, 0.3) is 0 Å². The molecule has 1 atom stereocenters. The number of hydrogen-bond donors (Lipinski definition) is 0. The van der Waals surface area contributed by atoms with Crippen LogP contribution in [0.4, 0.5) is 8.78 Å². The van der Waals surface area contributed by atoms with E-state index in [1.165, 1.54) is 24.3 Å². The van der Waals surface area contributed by atoms with Crippen LogP contribution in [0.2, 0.25) is 5.02 Å². The van der Waals surface area contributed by atoms with Gasteiger partial charge in [-0.2, -0.15) is 8.78 Å². The van der Waals surface area contributed by atoms with Crippen LogP contribution in [0.15, 0.2) is 36.7 Å². The molecule has 1 heterocycles. The molecule has 0 bridgehead atoms. The number of carbonyl (C=O) groups excluding carboxylic acids is 1. The molecule has 0 radical (unpaired) electrons. The van der Waals surface area contributed by atoms with Crippen LogP contribution in [0.5, 0.6) is 5.75 Å². The van der Waals surface area contributed by atoms with Crippen LogP contribution in [-0.2, 0) is 11.3 Å². The van der Waals surface area contributed by atoms with Crippen molar-refractivity contribution in [1.29, 1.82) is 0 Å². The number of imidazole rings is 1. The van der Waals surface area contributed by atoms with E-state index in [0.717, 1.165) is 0 Å². The van der Waals surface area contributed by atoms with E-state index in [1.807, 2.05) is 0 Å². The van der Waals surface area contributed by atoms with Gasteiger partial charge in [-0.25, -0.2) is 4.98 Å². The highest BCUT2D eigenvalue weighted by atomic mass is 35.5. The number of aromatic nitrogens is 2. The Hall–Kier alpha value is -2.15. The maximum Gasteiger partial charge on any atom is 0.319 e. The third-order valence-corrected chi connectivity index (χ3v) is 3.41. The first-order valence-electron chi connectivity index (χ1n) is 6.85. The van der Waals surface area contributed by atoms with Gasteiger partial charge >= 0.3 is 6.55 Å². The van der Waals surface area contributed by atoms with Gasteiger partial charge in [0, 0.05) is 24.5 Å². The number of amides is 1. The summed E-state index contributed by atoms with van der Waals surface area (Å²) in [6.45, 7) is -1.16. The molecule has 0 fully saturated rings. The van der Waals surface area contributed by atoms with Crippen molar-refractivity contribution in [2.75, 3.05) is 7.05 Å². The zero-order valence-corrected chi connectivity index (χ0v) is 13.4. The summed E-state index contributed by atoms with van der Waals surface area (Å²) in [4.78, 5) is 17.4. The SMILES string of the molecule is CC(Oc1cccc(Cl)c1)C(=O)N(C)Cc1nccn1C(F)F. The van der Waals surface area contributed by atoms with Crippen molar-refractivity contribution in [3.8, 4) is 5.75 Å². The van der Waals surface area contributed by atoms with Crippen molar-refractivity contribution in [3.05, 3.63) is 47.5 Å². The second-order valence-electron chi connectivity index (χ2n) is 4.94. The standard InChI is InChI=1S/C15H16ClF2N3O2/c1-10(23-12-5-3-4-11(16)8-12)14(22)20(2)9-13-19-6-7-21(13)15(17)18/h3-8,10,15H,9H2,1-2H3. The number of alkyl halides is 2. The number of nitrogens with zero attached hydrogens (tertiary/aromatic N) is 3. The highest BCUT2D eigenvalue weighted by molar-refractivity contribution is 6.30. The largest absolute Gasteiger partial charge is 0.481 e. The molecule has 124 valence electrons. The molecule has 0 aliphatic carbocycles. The van der Waals surface area contributed by atoms with Gasteiger partial charge < -0.3 is 9.64 Å². The van der Waals surface area contributed by atoms with E-state index in [4.69, 9.17) is 16.3 Å². The van der Waals surface area contributed by atoms with Crippen LogP contribution in [0.1, 0.15) is 19.3 Å². The topological polar surface area (TPSA) is 47.4 Å². The number of ether oxygens (including phenoxy) is 1. The summed E-state index contributed by atoms with van der Waals surface area (Å²) in [6.07, 6.45) is 1.66. The number of likely N-dealkylation sites (N-methyl/N-ethyl adjacent to an activating group) is 1. The van der Waals surface area contributed by atoms with Gasteiger partial charge in [0.25, 0.3) is 5.91 Å². The lowest BCUT2D eigenvalue weighted by atomic mass is 10.3. The summed E-state index contributed by atoms with van der Waals surface area (Å²) in [6, 6.07) is 6.67. The minimum Gasteiger partial charge on any atom is -0.481 e. The summed E-state index contributed by atoms with van der Waals surface area (Å²) in [5.74, 6) is 0.209. The van der Waals surface area contributed by atoms with E-state index >= 15 is 0 Å². The molecule has 0 saturated carbocycles. The van der Waals surface area contributed by atoms with Crippen LogP contribution in [0.3, 0.4) is 0 Å². The van der Waals surface area contributed by atoms with Crippen molar-refractivity contribution in [3.63, 3.8) is 0 Å². The van der Waals surface area contributed by atoms with Crippen LogP contribution < -0.4 is 4.74 Å². The molecule has 1 unspecified atom stereocenters. The summed E-state index contributed by atoms with van der Waals surface area (Å²) in [7, 11) is 1.50. The van der Waals surface area contributed by atoms with Gasteiger partial charge in [-0.05, 0) is 25.1 Å². The number of carbonyl (C=O) groups is 1. The van der Waals surface area contributed by atoms with Crippen LogP contribution >= 0.6 is 11.6 Å². The fraction of sp³-hybridized carbons (Fsp3) is 0.333. The second-order valence-corrected chi connectivity index (χ2v) is 5.38. The van der Waals surface area contributed by atoms with Crippen molar-refractivity contribution in [2.24, 2.45) is 0 Å². The normalized spacial score (nSPS) is 12.3. The maximum absolute atomic E-state index is 12.8. The molecule has 0 spiro atoms. The van der Waals surface area contributed by atoms with E-state index in [0.29, 0.717) is 15.3 Å². The summed E-state index contributed by atoms with van der Waals surface area (Å²) in [5.41, 5.74) is 0. The maximum atomic E-state index is 12.8. The molecular formula is C15H16ClF2N3O2. The predicted octanol–water partition coefficient (Wildman–Crippen LogP) is 3.36. The molecule has 2 aromatic rings. The highest BCUT2D eigenvalue weighted by Gasteiger charge is 2.22. The highest BCUT2D eigenvalue weighted by Crippen LogP contribution is 2.19. The Labute approximate surface area is 137 Å². The molecule has 1 aromatic heterocycles. The van der Waals surface area contributed by atoms with Gasteiger partial charge in [-0.1, -0.05) is 17.7 Å². The number of hydrogen-bond acceptors (Lipinski definition) is 3. The average Bonchev–Trinajstić information content (AvgIpc) is 2.94. The lowest BCUT2D eigenvalue weighted by molar-refractivity contribution is -0.137. The molecule has 0 aliphatic rings. The van der Waals surface area contributed by atoms with Gasteiger partial charge in [-0.3, -0.25) is 9.36 Å². The summed E-state index contributed by atoms with van der Waals surface area (Å²) >= 11 is 5.85. The zero-order valence-electron chi connectivity index (χ0n) is 12.6. The fourth-order valence-corrected chi connectivity index (χ4v) is 2.22. The Morgan fingerprint density at radius 3 is 2.87 bits per heavy atom. The fourth-order valence-electron chi connectivity index (χ4n) is 2.04. The first-order chi connectivity index (χ1) is 10.9. The van der Waals surface area contributed by atoms with Gasteiger partial charge in [0.15, 0.2) is 6.10 Å². The molecule has 0 aliphatic heterocycles. The molecule has 23 heavy (non-hydrogen) atoms. The monoisotopic (exact) mass is 343 g/mol. The quantitative estimate of drug-likeness (QED) is 0.808. The van der Waals surface area contributed by atoms with Crippen molar-refractivity contribution in [1.82, 2.24) is 14.5 Å². The summed E-state index contributed by atoms with van der Waals surface area (Å²) in [5, 5.41) is 0.495. The van der Waals surface area contributed by atoms with Gasteiger partial charge in [0.1, 0.15) is 11.6 Å². The van der Waals surface area contributed by atoms with Gasteiger partial charge in [0.05, 0.1) is 6.54 Å². The number of rotatable bonds is 6. The van der Waals surface area contributed by atoms with Crippen molar-refractivity contribution < 1.29 is 18.3 Å². The van der Waals surface area contributed by atoms with Crippen LogP contribution in [0, 0.1) is 0 Å². The van der Waals surface area contributed by atoms with E-state index in [1.54, 1.807) is 31.2 Å². The van der Waals surface area contributed by atoms with Gasteiger partial charge in [-0.15, -0.1) is 0 Å². The molecule has 0 saturated heterocycles. The van der Waals surface area contributed by atoms with E-state index in [-0.39, 0.29) is 18.3 Å². The first kappa shape index (κ1) is 17.2. The Balaban J connectivity index is 2.00. The molecule has 0 N–H and O–H groups in total. The van der Waals surface area contributed by atoms with E-state index < -0.39 is 12.7 Å². The Bertz CT molecular complexity index is 678. The Kier molecular flexibility index (Phi) is 5.54. The lowest BCUT2D eigenvalue weighted by Gasteiger charge is -2.22. The molecule has 8 heteroatoms.